The van der Waals surface area contributed by atoms with Crippen molar-refractivity contribution in [2.75, 3.05) is 6.61 Å². The van der Waals surface area contributed by atoms with Crippen LogP contribution in [0.4, 0.5) is 22.0 Å². The Kier molecular flexibility index (Phi) is 3.01. The number of rotatable bonds is 2. The van der Waals surface area contributed by atoms with E-state index in [4.69, 9.17) is 0 Å². The molecule has 0 amide bonds. The lowest BCUT2D eigenvalue weighted by molar-refractivity contribution is -0.267. The monoisotopic (exact) mass is 230 g/mol. The predicted octanol–water partition coefficient (Wildman–Crippen LogP) is 2.45. The van der Waals surface area contributed by atoms with Crippen LogP contribution in [0.25, 0.3) is 0 Å². The van der Waals surface area contributed by atoms with Crippen LogP contribution in [-0.2, 0) is 9.53 Å². The first-order valence-corrected chi connectivity index (χ1v) is 4.07. The van der Waals surface area contributed by atoms with Gasteiger partial charge in [-0.2, -0.15) is 22.0 Å². The summed E-state index contributed by atoms with van der Waals surface area (Å²) in [6, 6.07) is 0. The summed E-state index contributed by atoms with van der Waals surface area (Å²) in [5.74, 6) is -7.56. The summed E-state index contributed by atoms with van der Waals surface area (Å²) >= 11 is 0. The molecule has 1 aliphatic rings. The molecule has 0 N–H and O–H groups in total. The molecule has 0 aromatic carbocycles. The highest BCUT2D eigenvalue weighted by molar-refractivity contribution is 6.01. The fourth-order valence-corrected chi connectivity index (χ4v) is 1.06. The third kappa shape index (κ3) is 2.27. The molecule has 0 aromatic heterocycles. The minimum atomic E-state index is -5.86. The van der Waals surface area contributed by atoms with Gasteiger partial charge in [0.15, 0.2) is 0 Å². The number of carbonyl (C=O) groups excluding carboxylic acids is 1. The standard InChI is InChI=1S/C8H7F5O2/c9-7(10,8(11,12)13)6(14)5-2-1-3-15-4-5/h4H,1-3H2. The van der Waals surface area contributed by atoms with Gasteiger partial charge < -0.3 is 4.74 Å². The van der Waals surface area contributed by atoms with E-state index in [1.54, 1.807) is 0 Å². The first-order chi connectivity index (χ1) is 6.77. The Morgan fingerprint density at radius 2 is 1.87 bits per heavy atom. The molecule has 0 aromatic rings. The second-order valence-corrected chi connectivity index (χ2v) is 3.02. The number of ether oxygens (including phenoxy) is 1. The van der Waals surface area contributed by atoms with Gasteiger partial charge in [-0.1, -0.05) is 0 Å². The quantitative estimate of drug-likeness (QED) is 0.681. The maximum Gasteiger partial charge on any atom is 0.461 e. The molecule has 0 aliphatic carbocycles. The maximum absolute atomic E-state index is 12.5. The van der Waals surface area contributed by atoms with Crippen molar-refractivity contribution in [2.24, 2.45) is 0 Å². The van der Waals surface area contributed by atoms with Crippen LogP contribution in [0.5, 0.6) is 0 Å². The van der Waals surface area contributed by atoms with Crippen LogP contribution >= 0.6 is 0 Å². The van der Waals surface area contributed by atoms with Crippen molar-refractivity contribution in [3.63, 3.8) is 0 Å². The van der Waals surface area contributed by atoms with E-state index in [9.17, 15) is 26.7 Å². The fourth-order valence-electron chi connectivity index (χ4n) is 1.06. The number of allylic oxidation sites excluding steroid dienone is 1. The summed E-state index contributed by atoms with van der Waals surface area (Å²) < 4.78 is 65.0. The van der Waals surface area contributed by atoms with E-state index in [-0.39, 0.29) is 19.4 Å². The van der Waals surface area contributed by atoms with Crippen LogP contribution in [0.2, 0.25) is 0 Å². The van der Waals surface area contributed by atoms with Crippen molar-refractivity contribution in [1.29, 1.82) is 0 Å². The molecule has 2 nitrogen and oxygen atoms in total. The highest BCUT2D eigenvalue weighted by atomic mass is 19.4. The van der Waals surface area contributed by atoms with Gasteiger partial charge in [-0.25, -0.2) is 0 Å². The van der Waals surface area contributed by atoms with Crippen molar-refractivity contribution >= 4 is 5.78 Å². The van der Waals surface area contributed by atoms with Gasteiger partial charge in [0.25, 0.3) is 0 Å². The highest BCUT2D eigenvalue weighted by Crippen LogP contribution is 2.38. The molecular formula is C8H7F5O2. The Balaban J connectivity index is 2.88. The van der Waals surface area contributed by atoms with Gasteiger partial charge in [0, 0.05) is 5.57 Å². The summed E-state index contributed by atoms with van der Waals surface area (Å²) in [6.07, 6.45) is -5.05. The molecule has 0 atom stereocenters. The highest BCUT2D eigenvalue weighted by Gasteiger charge is 2.63. The molecule has 1 aliphatic heterocycles. The third-order valence-corrected chi connectivity index (χ3v) is 1.87. The van der Waals surface area contributed by atoms with Gasteiger partial charge in [-0.05, 0) is 12.8 Å². The van der Waals surface area contributed by atoms with E-state index in [2.05, 4.69) is 4.74 Å². The van der Waals surface area contributed by atoms with Crippen LogP contribution in [0.15, 0.2) is 11.8 Å². The molecule has 0 fully saturated rings. The van der Waals surface area contributed by atoms with Gasteiger partial charge in [0.05, 0.1) is 12.9 Å². The molecule has 1 rings (SSSR count). The topological polar surface area (TPSA) is 26.3 Å². The number of halogens is 5. The summed E-state index contributed by atoms with van der Waals surface area (Å²) in [6.45, 7) is 0.217. The zero-order valence-corrected chi connectivity index (χ0v) is 7.40. The average molecular weight is 230 g/mol. The van der Waals surface area contributed by atoms with E-state index in [1.807, 2.05) is 0 Å². The molecule has 0 radical (unpaired) electrons. The molecule has 86 valence electrons. The molecule has 7 heteroatoms. The summed E-state index contributed by atoms with van der Waals surface area (Å²) in [4.78, 5) is 10.8. The van der Waals surface area contributed by atoms with E-state index in [1.165, 1.54) is 0 Å². The van der Waals surface area contributed by atoms with Crippen LogP contribution in [-0.4, -0.2) is 24.5 Å². The van der Waals surface area contributed by atoms with Gasteiger partial charge in [0.1, 0.15) is 0 Å². The molecule has 0 spiro atoms. The third-order valence-electron chi connectivity index (χ3n) is 1.87. The molecule has 0 bridgehead atoms. The summed E-state index contributed by atoms with van der Waals surface area (Å²) in [5.41, 5.74) is -0.622. The number of hydrogen-bond acceptors (Lipinski definition) is 2. The zero-order chi connectivity index (χ0) is 11.7. The molecule has 1 heterocycles. The van der Waals surface area contributed by atoms with Gasteiger partial charge in [0.2, 0.25) is 5.78 Å². The zero-order valence-electron chi connectivity index (χ0n) is 7.40. The van der Waals surface area contributed by atoms with Crippen LogP contribution in [0.1, 0.15) is 12.8 Å². The van der Waals surface area contributed by atoms with Crippen molar-refractivity contribution in [2.45, 2.75) is 24.9 Å². The first-order valence-electron chi connectivity index (χ1n) is 4.07. The van der Waals surface area contributed by atoms with E-state index < -0.39 is 23.5 Å². The molecule has 0 saturated heterocycles. The Hall–Kier alpha value is -1.14. The Bertz CT molecular complexity index is 292. The van der Waals surface area contributed by atoms with E-state index in [0.29, 0.717) is 6.26 Å². The number of ketones is 1. The minimum absolute atomic E-state index is 0.121. The lowest BCUT2D eigenvalue weighted by atomic mass is 10.0. The number of hydrogen-bond donors (Lipinski definition) is 0. The maximum atomic E-state index is 12.5. The van der Waals surface area contributed by atoms with Crippen LogP contribution in [0, 0.1) is 0 Å². The lowest BCUT2D eigenvalue weighted by Crippen LogP contribution is -2.45. The van der Waals surface area contributed by atoms with E-state index >= 15 is 0 Å². The summed E-state index contributed by atoms with van der Waals surface area (Å²) in [5, 5.41) is 0. The smallest absolute Gasteiger partial charge is 0.461 e. The van der Waals surface area contributed by atoms with Crippen LogP contribution in [0.3, 0.4) is 0 Å². The minimum Gasteiger partial charge on any atom is -0.501 e. The second-order valence-electron chi connectivity index (χ2n) is 3.02. The first kappa shape index (κ1) is 11.9. The van der Waals surface area contributed by atoms with Gasteiger partial charge >= 0.3 is 12.1 Å². The number of carbonyl (C=O) groups is 1. The Morgan fingerprint density at radius 3 is 2.27 bits per heavy atom. The van der Waals surface area contributed by atoms with Crippen molar-refractivity contribution in [3.05, 3.63) is 11.8 Å². The Labute approximate surface area is 81.7 Å². The average Bonchev–Trinajstić information content (AvgIpc) is 2.16. The van der Waals surface area contributed by atoms with Gasteiger partial charge in [-0.3, -0.25) is 4.79 Å². The number of Topliss-reactive ketones (excluding diaryl/α,β-unsaturated/α-hetero) is 1. The lowest BCUT2D eigenvalue weighted by Gasteiger charge is -2.21. The molecule has 0 saturated carbocycles. The van der Waals surface area contributed by atoms with Crippen molar-refractivity contribution < 1.29 is 31.5 Å². The molecular weight excluding hydrogens is 223 g/mol. The summed E-state index contributed by atoms with van der Waals surface area (Å²) in [7, 11) is 0. The van der Waals surface area contributed by atoms with Gasteiger partial charge in [-0.15, -0.1) is 0 Å². The number of alkyl halides is 5. The molecule has 15 heavy (non-hydrogen) atoms. The van der Waals surface area contributed by atoms with Crippen molar-refractivity contribution in [3.8, 4) is 0 Å². The second kappa shape index (κ2) is 3.79. The van der Waals surface area contributed by atoms with Crippen molar-refractivity contribution in [1.82, 2.24) is 0 Å². The normalized spacial score (nSPS) is 18.1. The predicted molar refractivity (Wildman–Crippen MR) is 39.3 cm³/mol. The van der Waals surface area contributed by atoms with Crippen LogP contribution < -0.4 is 0 Å². The Morgan fingerprint density at radius 1 is 1.27 bits per heavy atom. The largest absolute Gasteiger partial charge is 0.501 e. The molecule has 0 unspecified atom stereocenters. The SMILES string of the molecule is O=C(C1=COCCC1)C(F)(F)C(F)(F)F. The van der Waals surface area contributed by atoms with E-state index in [0.717, 1.165) is 0 Å². The fraction of sp³-hybridized carbons (Fsp3) is 0.625.